The Hall–Kier alpha value is -1.88. The number of benzene rings is 1. The number of carboxylic acid groups (broad SMARTS) is 1. The van der Waals surface area contributed by atoms with Crippen molar-refractivity contribution in [3.8, 4) is 5.75 Å². The summed E-state index contributed by atoms with van der Waals surface area (Å²) in [5.41, 5.74) is 0.854. The molecule has 0 aliphatic carbocycles. The summed E-state index contributed by atoms with van der Waals surface area (Å²) >= 11 is 0. The molecule has 0 aromatic heterocycles. The highest BCUT2D eigenvalue weighted by atomic mass is 16.4. The zero-order valence-electron chi connectivity index (χ0n) is 8.59. The van der Waals surface area contributed by atoms with Gasteiger partial charge in [-0.05, 0) is 24.1 Å². The molecule has 1 rings (SSSR count). The Labute approximate surface area is 92.7 Å². The third kappa shape index (κ3) is 4.10. The summed E-state index contributed by atoms with van der Waals surface area (Å²) in [6.45, 7) is -0.249. The summed E-state index contributed by atoms with van der Waals surface area (Å²) in [5, 5.41) is 20.1. The Morgan fingerprint density at radius 3 is 2.50 bits per heavy atom. The fourth-order valence-electron chi connectivity index (χ4n) is 1.27. The molecule has 0 spiro atoms. The quantitative estimate of drug-likeness (QED) is 0.599. The van der Waals surface area contributed by atoms with Crippen molar-refractivity contribution in [2.75, 3.05) is 6.54 Å². The first-order valence-electron chi connectivity index (χ1n) is 4.80. The van der Waals surface area contributed by atoms with E-state index in [1.54, 1.807) is 12.1 Å². The van der Waals surface area contributed by atoms with Gasteiger partial charge < -0.3 is 15.0 Å². The molecule has 5 heteroatoms. The molecular weight excluding hydrogens is 210 g/mol. The summed E-state index contributed by atoms with van der Waals surface area (Å²) in [5.74, 6) is -0.845. The summed E-state index contributed by atoms with van der Waals surface area (Å²) in [6.07, 6.45) is 1.08. The van der Waals surface area contributed by atoms with Gasteiger partial charge in [0.25, 0.3) is 0 Å². The molecule has 0 unspecified atom stereocenters. The Balaban J connectivity index is 2.52. The van der Waals surface area contributed by atoms with E-state index in [-0.39, 0.29) is 12.3 Å². The molecule has 0 aliphatic rings. The molecule has 0 fully saturated rings. The number of aliphatic carboxylic acids is 1. The number of phenolic OH excluding ortho intramolecular Hbond substituents is 1. The van der Waals surface area contributed by atoms with Crippen LogP contribution in [0.3, 0.4) is 0 Å². The number of phenols is 1. The molecule has 0 radical (unpaired) electrons. The number of carbonyl (C=O) groups excluding carboxylic acids is 1. The van der Waals surface area contributed by atoms with E-state index < -0.39 is 12.0 Å². The van der Waals surface area contributed by atoms with Gasteiger partial charge in [0.1, 0.15) is 12.0 Å². The lowest BCUT2D eigenvalue weighted by Crippen LogP contribution is -2.36. The minimum Gasteiger partial charge on any atom is -0.508 e. The minimum atomic E-state index is -1.00. The van der Waals surface area contributed by atoms with Crippen LogP contribution in [0.2, 0.25) is 0 Å². The van der Waals surface area contributed by atoms with E-state index in [4.69, 9.17) is 10.2 Å². The fourth-order valence-corrected chi connectivity index (χ4v) is 1.27. The smallest absolute Gasteiger partial charge is 0.317 e. The lowest BCUT2D eigenvalue weighted by atomic mass is 10.1. The molecule has 16 heavy (non-hydrogen) atoms. The van der Waals surface area contributed by atoms with Crippen molar-refractivity contribution in [2.45, 2.75) is 12.5 Å². The highest BCUT2D eigenvalue weighted by Crippen LogP contribution is 2.10. The van der Waals surface area contributed by atoms with Crippen LogP contribution in [0.25, 0.3) is 0 Å². The van der Waals surface area contributed by atoms with Gasteiger partial charge in [-0.25, -0.2) is 0 Å². The van der Waals surface area contributed by atoms with Crippen LogP contribution in [-0.2, 0) is 16.0 Å². The second kappa shape index (κ2) is 5.87. The average Bonchev–Trinajstić information content (AvgIpc) is 2.26. The van der Waals surface area contributed by atoms with Crippen molar-refractivity contribution in [3.05, 3.63) is 29.8 Å². The first-order chi connectivity index (χ1) is 7.61. The molecule has 0 saturated heterocycles. The number of hydrogen-bond donors (Lipinski definition) is 3. The van der Waals surface area contributed by atoms with Crippen molar-refractivity contribution in [2.24, 2.45) is 0 Å². The number of aromatic hydroxyl groups is 1. The van der Waals surface area contributed by atoms with E-state index in [0.717, 1.165) is 5.56 Å². The molecule has 3 N–H and O–H groups in total. The molecular formula is C11H13NO4. The van der Waals surface area contributed by atoms with Gasteiger partial charge in [0, 0.05) is 0 Å². The SMILES string of the molecule is O=C[C@H](Cc1ccc(O)cc1)NCC(=O)O. The maximum Gasteiger partial charge on any atom is 0.317 e. The van der Waals surface area contributed by atoms with Gasteiger partial charge in [-0.15, -0.1) is 0 Å². The maximum absolute atomic E-state index is 10.7. The Morgan fingerprint density at radius 1 is 1.38 bits per heavy atom. The lowest BCUT2D eigenvalue weighted by Gasteiger charge is -2.10. The molecule has 1 aromatic carbocycles. The van der Waals surface area contributed by atoms with Crippen molar-refractivity contribution in [1.29, 1.82) is 0 Å². The van der Waals surface area contributed by atoms with Crippen LogP contribution < -0.4 is 5.32 Å². The third-order valence-corrected chi connectivity index (χ3v) is 2.07. The van der Waals surface area contributed by atoms with Crippen LogP contribution in [0, 0.1) is 0 Å². The highest BCUT2D eigenvalue weighted by molar-refractivity contribution is 5.70. The monoisotopic (exact) mass is 223 g/mol. The second-order valence-electron chi connectivity index (χ2n) is 3.39. The van der Waals surface area contributed by atoms with Gasteiger partial charge in [-0.3, -0.25) is 10.1 Å². The number of carbonyl (C=O) groups is 2. The van der Waals surface area contributed by atoms with Crippen LogP contribution >= 0.6 is 0 Å². The summed E-state index contributed by atoms with van der Waals surface area (Å²) in [6, 6.07) is 5.89. The normalized spacial score (nSPS) is 12.0. The summed E-state index contributed by atoms with van der Waals surface area (Å²) in [7, 11) is 0. The van der Waals surface area contributed by atoms with Crippen molar-refractivity contribution < 1.29 is 19.8 Å². The molecule has 0 saturated carbocycles. The molecule has 0 bridgehead atoms. The van der Waals surface area contributed by atoms with Gasteiger partial charge in [0.15, 0.2) is 0 Å². The van der Waals surface area contributed by atoms with Crippen LogP contribution in [0.1, 0.15) is 5.56 Å². The Kier molecular flexibility index (Phi) is 4.47. The highest BCUT2D eigenvalue weighted by Gasteiger charge is 2.09. The van der Waals surface area contributed by atoms with E-state index in [1.807, 2.05) is 0 Å². The zero-order chi connectivity index (χ0) is 12.0. The lowest BCUT2D eigenvalue weighted by molar-refractivity contribution is -0.136. The number of aldehydes is 1. The predicted octanol–water partition coefficient (Wildman–Crippen LogP) is 0.176. The van der Waals surface area contributed by atoms with Gasteiger partial charge in [0.05, 0.1) is 12.6 Å². The number of carboxylic acids is 1. The van der Waals surface area contributed by atoms with Gasteiger partial charge in [-0.1, -0.05) is 12.1 Å². The van der Waals surface area contributed by atoms with E-state index in [1.165, 1.54) is 12.1 Å². The van der Waals surface area contributed by atoms with Crippen molar-refractivity contribution in [1.82, 2.24) is 5.32 Å². The minimum absolute atomic E-state index is 0.157. The zero-order valence-corrected chi connectivity index (χ0v) is 8.59. The first-order valence-corrected chi connectivity index (χ1v) is 4.80. The van der Waals surface area contributed by atoms with E-state index >= 15 is 0 Å². The van der Waals surface area contributed by atoms with Crippen molar-refractivity contribution >= 4 is 12.3 Å². The average molecular weight is 223 g/mol. The fraction of sp³-hybridized carbons (Fsp3) is 0.273. The Bertz CT molecular complexity index is 361. The molecule has 0 aliphatic heterocycles. The van der Waals surface area contributed by atoms with Crippen LogP contribution in [0.5, 0.6) is 5.75 Å². The summed E-state index contributed by atoms with van der Waals surface area (Å²) in [4.78, 5) is 21.0. The van der Waals surface area contributed by atoms with Crippen LogP contribution in [0.4, 0.5) is 0 Å². The topological polar surface area (TPSA) is 86.6 Å². The van der Waals surface area contributed by atoms with E-state index in [2.05, 4.69) is 5.32 Å². The number of rotatable bonds is 6. The first kappa shape index (κ1) is 12.2. The van der Waals surface area contributed by atoms with E-state index in [0.29, 0.717) is 12.7 Å². The second-order valence-corrected chi connectivity index (χ2v) is 3.39. The standard InChI is InChI=1S/C11H13NO4/c13-7-9(12-6-11(15)16)5-8-1-3-10(14)4-2-8/h1-4,7,9,12,14H,5-6H2,(H,15,16)/t9-/m0/s1. The molecule has 0 amide bonds. The molecule has 86 valence electrons. The molecule has 1 atom stereocenters. The number of hydrogen-bond acceptors (Lipinski definition) is 4. The number of nitrogens with one attached hydrogen (secondary N) is 1. The van der Waals surface area contributed by atoms with Crippen molar-refractivity contribution in [3.63, 3.8) is 0 Å². The third-order valence-electron chi connectivity index (χ3n) is 2.07. The largest absolute Gasteiger partial charge is 0.508 e. The predicted molar refractivity (Wildman–Crippen MR) is 57.3 cm³/mol. The van der Waals surface area contributed by atoms with Crippen LogP contribution in [0.15, 0.2) is 24.3 Å². The molecule has 1 aromatic rings. The summed E-state index contributed by atoms with van der Waals surface area (Å²) < 4.78 is 0. The van der Waals surface area contributed by atoms with Gasteiger partial charge in [0.2, 0.25) is 0 Å². The van der Waals surface area contributed by atoms with Gasteiger partial charge in [-0.2, -0.15) is 0 Å². The molecule has 0 heterocycles. The van der Waals surface area contributed by atoms with E-state index in [9.17, 15) is 9.59 Å². The molecule has 5 nitrogen and oxygen atoms in total. The maximum atomic E-state index is 10.7. The van der Waals surface area contributed by atoms with Gasteiger partial charge >= 0.3 is 5.97 Å². The Morgan fingerprint density at radius 2 is 2.00 bits per heavy atom. The van der Waals surface area contributed by atoms with Crippen LogP contribution in [-0.4, -0.2) is 35.1 Å².